The zero-order valence-corrected chi connectivity index (χ0v) is 15.2. The smallest absolute Gasteiger partial charge is 0.311 e. The quantitative estimate of drug-likeness (QED) is 0.502. The van der Waals surface area contributed by atoms with E-state index in [4.69, 9.17) is 9.47 Å². The van der Waals surface area contributed by atoms with E-state index in [-0.39, 0.29) is 35.5 Å². The van der Waals surface area contributed by atoms with Crippen molar-refractivity contribution in [3.8, 4) is 0 Å². The number of ether oxygens (including phenoxy) is 2. The maximum atomic E-state index is 11.8. The number of esters is 2. The van der Waals surface area contributed by atoms with E-state index in [0.717, 1.165) is 0 Å². The van der Waals surface area contributed by atoms with Crippen molar-refractivity contribution in [2.45, 2.75) is 25.7 Å². The number of carbonyl (C=O) groups is 4. The van der Waals surface area contributed by atoms with Crippen molar-refractivity contribution in [3.63, 3.8) is 0 Å². The number of amides is 2. The molecule has 2 amide bonds. The highest BCUT2D eigenvalue weighted by molar-refractivity contribution is 5.84. The average Bonchev–Trinajstić information content (AvgIpc) is 2.43. The summed E-state index contributed by atoms with van der Waals surface area (Å²) < 4.78 is 9.91. The molecule has 0 heterocycles. The van der Waals surface area contributed by atoms with Gasteiger partial charge < -0.3 is 19.3 Å². The van der Waals surface area contributed by atoms with E-state index < -0.39 is 18.7 Å². The number of rotatable bonds is 6. The predicted molar refractivity (Wildman–Crippen MR) is 86.9 cm³/mol. The van der Waals surface area contributed by atoms with Gasteiger partial charge in [0.05, 0.1) is 11.8 Å². The summed E-state index contributed by atoms with van der Waals surface area (Å²) in [7, 11) is 6.74. The molecule has 0 spiro atoms. The molecule has 0 saturated heterocycles. The van der Waals surface area contributed by atoms with Crippen molar-refractivity contribution in [2.24, 2.45) is 23.7 Å². The van der Waals surface area contributed by atoms with Crippen LogP contribution in [0.5, 0.6) is 0 Å². The first-order valence-corrected chi connectivity index (χ1v) is 8.46. The molecular formula is C17H26N2O6. The van der Waals surface area contributed by atoms with Crippen LogP contribution in [0.1, 0.15) is 25.7 Å². The fourth-order valence-electron chi connectivity index (χ4n) is 3.14. The molecule has 0 N–H and O–H groups in total. The molecule has 0 aromatic heterocycles. The second kappa shape index (κ2) is 7.84. The summed E-state index contributed by atoms with van der Waals surface area (Å²) >= 11 is 0. The molecule has 0 unspecified atom stereocenters. The Bertz CT molecular complexity index is 499. The number of carbonyl (C=O) groups excluding carboxylic acids is 4. The van der Waals surface area contributed by atoms with Crippen molar-refractivity contribution in [2.75, 3.05) is 35.0 Å². The van der Waals surface area contributed by atoms with Crippen molar-refractivity contribution in [1.29, 1.82) is 0 Å². The highest BCUT2D eigenvalue weighted by Crippen LogP contribution is 2.36. The maximum Gasteiger partial charge on any atom is 0.311 e. The Hall–Kier alpha value is -2.12. The lowest BCUT2D eigenvalue weighted by Gasteiger charge is -2.34. The van der Waals surface area contributed by atoms with E-state index in [1.165, 1.54) is 9.80 Å². The van der Waals surface area contributed by atoms with Crippen LogP contribution in [0.4, 0.5) is 0 Å². The fourth-order valence-corrected chi connectivity index (χ4v) is 3.14. The standard InChI is InChI=1S/C17H26N2O6/c1-18(2)14(20)10-5-12(6-10)16(22)24-9-25-17(23)13-7-11(8-13)15(21)19(3)4/h10-13H,5-9H2,1-4H3. The molecule has 0 aliphatic heterocycles. The molecule has 0 bridgehead atoms. The Morgan fingerprint density at radius 1 is 0.680 bits per heavy atom. The van der Waals surface area contributed by atoms with Crippen LogP contribution >= 0.6 is 0 Å². The first kappa shape index (κ1) is 19.2. The van der Waals surface area contributed by atoms with Crippen molar-refractivity contribution in [1.82, 2.24) is 9.80 Å². The highest BCUT2D eigenvalue weighted by atomic mass is 16.7. The number of nitrogens with zero attached hydrogens (tertiary/aromatic N) is 2. The van der Waals surface area contributed by atoms with Gasteiger partial charge in [-0.2, -0.15) is 0 Å². The third-order valence-corrected chi connectivity index (χ3v) is 4.93. The van der Waals surface area contributed by atoms with Crippen LogP contribution in [0, 0.1) is 23.7 Å². The van der Waals surface area contributed by atoms with Gasteiger partial charge in [0.2, 0.25) is 18.6 Å². The van der Waals surface area contributed by atoms with E-state index in [2.05, 4.69) is 0 Å². The molecule has 2 aliphatic rings. The van der Waals surface area contributed by atoms with Crippen LogP contribution in [0.3, 0.4) is 0 Å². The van der Waals surface area contributed by atoms with Gasteiger partial charge in [0.25, 0.3) is 0 Å². The Labute approximate surface area is 147 Å². The summed E-state index contributed by atoms with van der Waals surface area (Å²) in [6, 6.07) is 0. The molecule has 0 atom stereocenters. The van der Waals surface area contributed by atoms with Crippen LogP contribution < -0.4 is 0 Å². The van der Waals surface area contributed by atoms with E-state index in [9.17, 15) is 19.2 Å². The van der Waals surface area contributed by atoms with E-state index >= 15 is 0 Å². The third-order valence-electron chi connectivity index (χ3n) is 4.93. The van der Waals surface area contributed by atoms with Gasteiger partial charge in [0.15, 0.2) is 0 Å². The van der Waals surface area contributed by atoms with Gasteiger partial charge in [-0.25, -0.2) is 0 Å². The summed E-state index contributed by atoms with van der Waals surface area (Å²) in [5.41, 5.74) is 0. The van der Waals surface area contributed by atoms with Crippen molar-refractivity contribution in [3.05, 3.63) is 0 Å². The van der Waals surface area contributed by atoms with Gasteiger partial charge in [-0.3, -0.25) is 19.2 Å². The molecule has 2 aliphatic carbocycles. The molecule has 0 aromatic rings. The lowest BCUT2D eigenvalue weighted by atomic mass is 9.74. The van der Waals surface area contributed by atoms with Crippen molar-refractivity contribution < 1.29 is 28.7 Å². The lowest BCUT2D eigenvalue weighted by Crippen LogP contribution is -2.42. The Balaban J connectivity index is 1.59. The molecular weight excluding hydrogens is 328 g/mol. The molecule has 2 rings (SSSR count). The minimum atomic E-state index is -0.440. The van der Waals surface area contributed by atoms with Crippen molar-refractivity contribution >= 4 is 23.8 Å². The SMILES string of the molecule is CN(C)C(=O)C1CC(C(=O)OCOC(=O)C2CC(C(=O)N(C)C)C2)C1. The van der Waals surface area contributed by atoms with E-state index in [0.29, 0.717) is 25.7 Å². The minimum Gasteiger partial charge on any atom is -0.428 e. The van der Waals surface area contributed by atoms with Gasteiger partial charge in [-0.15, -0.1) is 0 Å². The summed E-state index contributed by atoms with van der Waals surface area (Å²) in [5, 5.41) is 0. The molecule has 2 fully saturated rings. The van der Waals surface area contributed by atoms with E-state index in [1.54, 1.807) is 28.2 Å². The van der Waals surface area contributed by atoms with E-state index in [1.807, 2.05) is 0 Å². The third kappa shape index (κ3) is 4.49. The zero-order chi connectivity index (χ0) is 18.7. The lowest BCUT2D eigenvalue weighted by molar-refractivity contribution is -0.178. The summed E-state index contributed by atoms with van der Waals surface area (Å²) in [6.07, 6.45) is 1.89. The van der Waals surface area contributed by atoms with Gasteiger partial charge in [0.1, 0.15) is 0 Å². The highest BCUT2D eigenvalue weighted by Gasteiger charge is 2.42. The van der Waals surface area contributed by atoms with Crippen LogP contribution in [-0.2, 0) is 28.7 Å². The molecule has 25 heavy (non-hydrogen) atoms. The number of hydrogen-bond acceptors (Lipinski definition) is 6. The molecule has 0 radical (unpaired) electrons. The Kier molecular flexibility index (Phi) is 6.02. The second-order valence-corrected chi connectivity index (χ2v) is 7.24. The Morgan fingerprint density at radius 2 is 1.00 bits per heavy atom. The van der Waals surface area contributed by atoms with Crippen LogP contribution in [-0.4, -0.2) is 68.5 Å². The number of hydrogen-bond donors (Lipinski definition) is 0. The summed E-state index contributed by atoms with van der Waals surface area (Å²) in [5.74, 6) is -1.72. The summed E-state index contributed by atoms with van der Waals surface area (Å²) in [6.45, 7) is -0.413. The van der Waals surface area contributed by atoms with Gasteiger partial charge in [-0.05, 0) is 25.7 Å². The first-order chi connectivity index (χ1) is 11.7. The Morgan fingerprint density at radius 3 is 1.28 bits per heavy atom. The van der Waals surface area contributed by atoms with Crippen LogP contribution in [0.15, 0.2) is 0 Å². The molecule has 8 nitrogen and oxygen atoms in total. The minimum absolute atomic E-state index is 0.0160. The molecule has 8 heteroatoms. The normalized spacial score (nSPS) is 27.4. The maximum absolute atomic E-state index is 11.8. The van der Waals surface area contributed by atoms with Gasteiger partial charge in [0, 0.05) is 40.0 Å². The first-order valence-electron chi connectivity index (χ1n) is 8.46. The molecule has 140 valence electrons. The molecule has 0 aromatic carbocycles. The van der Waals surface area contributed by atoms with Crippen LogP contribution in [0.2, 0.25) is 0 Å². The fraction of sp³-hybridized carbons (Fsp3) is 0.765. The summed E-state index contributed by atoms with van der Waals surface area (Å²) in [4.78, 5) is 50.1. The molecule has 2 saturated carbocycles. The average molecular weight is 354 g/mol. The van der Waals surface area contributed by atoms with Crippen LogP contribution in [0.25, 0.3) is 0 Å². The predicted octanol–water partition coefficient (Wildman–Crippen LogP) is 0.259. The second-order valence-electron chi connectivity index (χ2n) is 7.24. The topological polar surface area (TPSA) is 93.2 Å². The monoisotopic (exact) mass is 354 g/mol. The van der Waals surface area contributed by atoms with Gasteiger partial charge >= 0.3 is 11.9 Å². The largest absolute Gasteiger partial charge is 0.428 e. The zero-order valence-electron chi connectivity index (χ0n) is 15.2. The van der Waals surface area contributed by atoms with Gasteiger partial charge in [-0.1, -0.05) is 0 Å².